The molecule has 3 aromatic carbocycles. The van der Waals surface area contributed by atoms with Crippen molar-refractivity contribution in [2.45, 2.75) is 28.5 Å². The lowest BCUT2D eigenvalue weighted by atomic mass is 9.56. The molecule has 6 atom stereocenters. The van der Waals surface area contributed by atoms with Crippen LogP contribution in [-0.4, -0.2) is 50.5 Å². The predicted molar refractivity (Wildman–Crippen MR) is 167 cm³/mol. The summed E-state index contributed by atoms with van der Waals surface area (Å²) in [6, 6.07) is 13.9. The first-order valence-electron chi connectivity index (χ1n) is 14.5. The van der Waals surface area contributed by atoms with E-state index < -0.39 is 67.8 Å². The van der Waals surface area contributed by atoms with Gasteiger partial charge >= 0.3 is 0 Å². The molecule has 0 spiro atoms. The molecule has 4 amide bonds. The molecule has 1 N–H and O–H groups in total. The number of hydrogen-bond acceptors (Lipinski definition) is 8. The van der Waals surface area contributed by atoms with E-state index in [1.807, 2.05) is 0 Å². The van der Waals surface area contributed by atoms with Gasteiger partial charge < -0.3 is 9.84 Å². The van der Waals surface area contributed by atoms with Crippen molar-refractivity contribution < 1.29 is 38.3 Å². The second-order valence-corrected chi connectivity index (χ2v) is 13.2. The van der Waals surface area contributed by atoms with Gasteiger partial charge in [0.2, 0.25) is 11.8 Å². The normalized spacial score (nSPS) is 29.7. The van der Waals surface area contributed by atoms with Crippen LogP contribution in [0.1, 0.15) is 24.3 Å². The molecule has 2 heterocycles. The number of nitro benzene ring substituents is 1. The predicted octanol–water partition coefficient (Wildman–Crippen LogP) is 5.22. The maximum absolute atomic E-state index is 14.4. The number of ether oxygens (including phenoxy) is 1. The number of rotatable bonds is 5. The van der Waals surface area contributed by atoms with E-state index in [1.165, 1.54) is 61.7 Å². The van der Waals surface area contributed by atoms with Gasteiger partial charge in [0.05, 0.1) is 35.2 Å². The number of fused-ring (bicyclic) bond motifs is 4. The summed E-state index contributed by atoms with van der Waals surface area (Å²) in [5.41, 5.74) is 0.778. The molecule has 0 bridgehead atoms. The Morgan fingerprint density at radius 2 is 1.55 bits per heavy atom. The van der Waals surface area contributed by atoms with Crippen LogP contribution in [0.25, 0.3) is 0 Å². The lowest BCUT2D eigenvalue weighted by Gasteiger charge is -2.50. The zero-order valence-corrected chi connectivity index (χ0v) is 25.9. The number of methoxy groups -OCH3 is 1. The number of nitrogens with zero attached hydrogens (tertiary/aromatic N) is 3. The Balaban J connectivity index is 1.39. The summed E-state index contributed by atoms with van der Waals surface area (Å²) in [4.78, 5) is 64.8. The number of alkyl halides is 2. The number of imide groups is 2. The Bertz CT molecular complexity index is 1940. The fourth-order valence-corrected chi connectivity index (χ4v) is 8.59. The third-order valence-corrected chi connectivity index (χ3v) is 11.2. The first-order chi connectivity index (χ1) is 22.3. The highest BCUT2D eigenvalue weighted by atomic mass is 35.5. The topological polar surface area (TPSA) is 147 Å². The third-order valence-electron chi connectivity index (χ3n) is 9.74. The summed E-state index contributed by atoms with van der Waals surface area (Å²) in [5, 5.41) is 21.4. The van der Waals surface area contributed by atoms with Crippen LogP contribution in [-0.2, 0) is 19.2 Å². The smallest absolute Gasteiger partial charge is 0.269 e. The van der Waals surface area contributed by atoms with E-state index in [4.69, 9.17) is 27.9 Å². The Labute approximate surface area is 276 Å². The van der Waals surface area contributed by atoms with Crippen LogP contribution in [0, 0.1) is 33.7 Å². The van der Waals surface area contributed by atoms with Crippen LogP contribution in [0.5, 0.6) is 11.5 Å². The Morgan fingerprint density at radius 1 is 0.915 bits per heavy atom. The van der Waals surface area contributed by atoms with Gasteiger partial charge in [0.15, 0.2) is 9.75 Å². The van der Waals surface area contributed by atoms with Gasteiger partial charge in [-0.3, -0.25) is 34.2 Å². The number of halogens is 3. The van der Waals surface area contributed by atoms with Gasteiger partial charge in [-0.2, -0.15) is 0 Å². The van der Waals surface area contributed by atoms with Gasteiger partial charge in [0.1, 0.15) is 17.3 Å². The van der Waals surface area contributed by atoms with Gasteiger partial charge in [-0.25, -0.2) is 9.29 Å². The first-order valence-corrected chi connectivity index (χ1v) is 15.3. The number of carbonyl (C=O) groups is 4. The van der Waals surface area contributed by atoms with Crippen molar-refractivity contribution in [3.8, 4) is 11.5 Å². The number of amides is 4. The number of aromatic hydroxyl groups is 1. The SMILES string of the molecule is COc1cc(O)ccc1[C@H]1C2=CC[C@@H]3C(=O)N(c4ccc([N+](=O)[O-])cc4)C(=O)[C@@H]3[C@@H]2C[C@@]2(Cl)C(=O)N(c3ccc(F)cc3)C(=O)[C@@]12Cl. The van der Waals surface area contributed by atoms with Crippen molar-refractivity contribution in [2.24, 2.45) is 17.8 Å². The Hall–Kier alpha value is -4.81. The second-order valence-electron chi connectivity index (χ2n) is 12.0. The van der Waals surface area contributed by atoms with Gasteiger partial charge in [-0.1, -0.05) is 17.7 Å². The molecule has 14 heteroatoms. The highest BCUT2D eigenvalue weighted by molar-refractivity contribution is 6.58. The maximum Gasteiger partial charge on any atom is 0.269 e. The fourth-order valence-electron chi connectivity index (χ4n) is 7.66. The lowest BCUT2D eigenvalue weighted by Crippen LogP contribution is -2.60. The van der Waals surface area contributed by atoms with Crippen molar-refractivity contribution >= 4 is 63.9 Å². The number of anilines is 2. The van der Waals surface area contributed by atoms with Crippen LogP contribution >= 0.6 is 23.2 Å². The number of phenolic OH excluding ortho intramolecular Hbond substituents is 1. The van der Waals surface area contributed by atoms with E-state index in [1.54, 1.807) is 6.08 Å². The number of non-ortho nitro benzene ring substituents is 1. The fraction of sp³-hybridized carbons (Fsp3) is 0.273. The third kappa shape index (κ3) is 4.17. The zero-order valence-electron chi connectivity index (χ0n) is 24.4. The van der Waals surface area contributed by atoms with Gasteiger partial charge in [0.25, 0.3) is 17.5 Å². The van der Waals surface area contributed by atoms with E-state index in [0.717, 1.165) is 21.9 Å². The molecule has 4 aliphatic rings. The molecular weight excluding hydrogens is 656 g/mol. The molecule has 0 unspecified atom stereocenters. The molecule has 0 aromatic heterocycles. The molecule has 0 radical (unpaired) electrons. The Morgan fingerprint density at radius 3 is 2.19 bits per heavy atom. The molecule has 2 aliphatic heterocycles. The number of allylic oxidation sites excluding steroid dienone is 2. The minimum absolute atomic E-state index is 0.0403. The zero-order chi connectivity index (χ0) is 33.6. The van der Waals surface area contributed by atoms with E-state index in [0.29, 0.717) is 11.1 Å². The van der Waals surface area contributed by atoms with E-state index in [9.17, 15) is 38.8 Å². The summed E-state index contributed by atoms with van der Waals surface area (Å²) in [7, 11) is 1.35. The summed E-state index contributed by atoms with van der Waals surface area (Å²) < 4.78 is 19.4. The van der Waals surface area contributed by atoms with Crippen LogP contribution in [0.2, 0.25) is 0 Å². The largest absolute Gasteiger partial charge is 0.508 e. The highest BCUT2D eigenvalue weighted by Gasteiger charge is 2.77. The number of carbonyl (C=O) groups excluding carboxylic acids is 4. The lowest BCUT2D eigenvalue weighted by molar-refractivity contribution is -0.384. The Kier molecular flexibility index (Phi) is 6.96. The molecule has 2 saturated heterocycles. The minimum Gasteiger partial charge on any atom is -0.508 e. The second kappa shape index (κ2) is 10.6. The number of nitro groups is 1. The van der Waals surface area contributed by atoms with Gasteiger partial charge in [-0.05, 0) is 61.2 Å². The average molecular weight is 680 g/mol. The van der Waals surface area contributed by atoms with Crippen molar-refractivity contribution in [2.75, 3.05) is 16.9 Å². The molecule has 3 aromatic rings. The van der Waals surface area contributed by atoms with Crippen LogP contribution in [0.4, 0.5) is 21.5 Å². The maximum atomic E-state index is 14.4. The van der Waals surface area contributed by atoms with Crippen molar-refractivity contribution in [3.05, 3.63) is 99.9 Å². The standard InChI is InChI=1S/C33H24Cl2FN3O8/c1-47-25-14-20(40)10-11-22(25)27-21-12-13-23-26(29(42)37(28(23)41)17-6-8-19(9-7-17)39(45)46)24(21)15-32(34)30(43)38(31(44)33(27,32)35)18-4-2-16(36)3-5-18/h2-12,14,23-24,26-27,40H,13,15H2,1H3/t23-,24+,26-,27+,32+,33-/m0/s1. The molecular formula is C33H24Cl2FN3O8. The summed E-state index contributed by atoms with van der Waals surface area (Å²) in [6.45, 7) is 0. The number of benzene rings is 3. The van der Waals surface area contributed by atoms with Crippen molar-refractivity contribution in [1.29, 1.82) is 0 Å². The van der Waals surface area contributed by atoms with Gasteiger partial charge in [-0.15, -0.1) is 23.2 Å². The van der Waals surface area contributed by atoms with Crippen LogP contribution < -0.4 is 14.5 Å². The van der Waals surface area contributed by atoms with E-state index in [-0.39, 0.29) is 41.4 Å². The van der Waals surface area contributed by atoms with E-state index >= 15 is 0 Å². The number of hydrogen-bond donors (Lipinski definition) is 1. The first kappa shape index (κ1) is 30.8. The van der Waals surface area contributed by atoms with Crippen LogP contribution in [0.3, 0.4) is 0 Å². The quantitative estimate of drug-likeness (QED) is 0.127. The summed E-state index contributed by atoms with van der Waals surface area (Å²) in [5.74, 6) is -7.34. The summed E-state index contributed by atoms with van der Waals surface area (Å²) in [6.07, 6.45) is 1.54. The molecule has 11 nitrogen and oxygen atoms in total. The van der Waals surface area contributed by atoms with Crippen molar-refractivity contribution in [3.63, 3.8) is 0 Å². The molecule has 1 saturated carbocycles. The monoisotopic (exact) mass is 679 g/mol. The van der Waals surface area contributed by atoms with E-state index in [2.05, 4.69) is 0 Å². The summed E-state index contributed by atoms with van der Waals surface area (Å²) >= 11 is 14.7. The molecule has 240 valence electrons. The molecule has 3 fully saturated rings. The minimum atomic E-state index is -2.18. The average Bonchev–Trinajstić information content (AvgIpc) is 3.39. The van der Waals surface area contributed by atoms with Crippen LogP contribution in [0.15, 0.2) is 78.4 Å². The van der Waals surface area contributed by atoms with Crippen molar-refractivity contribution in [1.82, 2.24) is 0 Å². The molecule has 2 aliphatic carbocycles. The number of phenols is 1. The highest BCUT2D eigenvalue weighted by Crippen LogP contribution is 2.66. The van der Waals surface area contributed by atoms with Gasteiger partial charge in [0, 0.05) is 29.7 Å². The molecule has 7 rings (SSSR count). The molecule has 47 heavy (non-hydrogen) atoms.